The molecule has 0 aromatic heterocycles. The Morgan fingerprint density at radius 1 is 1.10 bits per heavy atom. The summed E-state index contributed by atoms with van der Waals surface area (Å²) in [7, 11) is 0. The van der Waals surface area contributed by atoms with Crippen LogP contribution in [0, 0.1) is 0 Å². The zero-order valence-electron chi connectivity index (χ0n) is 11.2. The summed E-state index contributed by atoms with van der Waals surface area (Å²) in [5, 5.41) is 12.5. The lowest BCUT2D eigenvalue weighted by molar-refractivity contribution is 0.1000. The van der Waals surface area contributed by atoms with E-state index in [1.807, 2.05) is 24.3 Å². The van der Waals surface area contributed by atoms with Crippen molar-refractivity contribution in [3.63, 3.8) is 0 Å². The molecule has 4 nitrogen and oxygen atoms in total. The van der Waals surface area contributed by atoms with Gasteiger partial charge in [-0.3, -0.25) is 4.79 Å². The van der Waals surface area contributed by atoms with E-state index < -0.39 is 5.91 Å². The Labute approximate surface area is 118 Å². The summed E-state index contributed by atoms with van der Waals surface area (Å²) >= 11 is 0. The van der Waals surface area contributed by atoms with Crippen molar-refractivity contribution in [2.24, 2.45) is 5.73 Å². The zero-order valence-corrected chi connectivity index (χ0v) is 11.2. The van der Waals surface area contributed by atoms with E-state index in [4.69, 9.17) is 5.73 Å². The lowest BCUT2D eigenvalue weighted by Crippen LogP contribution is -2.17. The Bertz CT molecular complexity index is 579. The maximum atomic E-state index is 11.1. The van der Waals surface area contributed by atoms with Crippen LogP contribution < -0.4 is 11.1 Å². The minimum absolute atomic E-state index is 0.282. The van der Waals surface area contributed by atoms with Crippen LogP contribution in [-0.4, -0.2) is 17.6 Å². The number of aromatic hydroxyl groups is 1. The Balaban J connectivity index is 1.79. The molecule has 0 radical (unpaired) electrons. The van der Waals surface area contributed by atoms with Gasteiger partial charge in [0.15, 0.2) is 0 Å². The fourth-order valence-corrected chi connectivity index (χ4v) is 1.96. The van der Waals surface area contributed by atoms with Gasteiger partial charge in [-0.15, -0.1) is 0 Å². The molecule has 2 aromatic carbocycles. The smallest absolute Gasteiger partial charge is 0.248 e. The van der Waals surface area contributed by atoms with E-state index in [1.54, 1.807) is 24.3 Å². The molecule has 0 saturated carbocycles. The molecule has 4 N–H and O–H groups in total. The molecule has 2 rings (SSSR count). The third-order valence-electron chi connectivity index (χ3n) is 3.07. The van der Waals surface area contributed by atoms with Crippen LogP contribution in [-0.2, 0) is 13.0 Å². The summed E-state index contributed by atoms with van der Waals surface area (Å²) in [6.45, 7) is 1.52. The molecule has 0 heterocycles. The lowest BCUT2D eigenvalue weighted by Gasteiger charge is -2.06. The number of carbonyl (C=O) groups is 1. The highest BCUT2D eigenvalue weighted by atomic mass is 16.3. The molecule has 0 aliphatic rings. The van der Waals surface area contributed by atoms with Crippen molar-refractivity contribution in [3.05, 3.63) is 65.2 Å². The maximum absolute atomic E-state index is 11.1. The average Bonchev–Trinajstić information content (AvgIpc) is 2.46. The molecule has 1 amide bonds. The van der Waals surface area contributed by atoms with Gasteiger partial charge in [0.05, 0.1) is 0 Å². The molecule has 4 heteroatoms. The topological polar surface area (TPSA) is 75.4 Å². The van der Waals surface area contributed by atoms with Crippen LogP contribution in [0.15, 0.2) is 48.5 Å². The van der Waals surface area contributed by atoms with E-state index in [0.717, 1.165) is 18.5 Å². The van der Waals surface area contributed by atoms with Crippen LogP contribution in [0.25, 0.3) is 0 Å². The number of hydrogen-bond acceptors (Lipinski definition) is 3. The molecule has 0 aliphatic heterocycles. The van der Waals surface area contributed by atoms with Crippen molar-refractivity contribution in [2.45, 2.75) is 13.0 Å². The molecule has 0 saturated heterocycles. The highest BCUT2D eigenvalue weighted by molar-refractivity contribution is 5.92. The first kappa shape index (κ1) is 14.1. The van der Waals surface area contributed by atoms with Crippen molar-refractivity contribution in [2.75, 3.05) is 6.54 Å². The van der Waals surface area contributed by atoms with Gasteiger partial charge in [-0.2, -0.15) is 0 Å². The highest BCUT2D eigenvalue weighted by Crippen LogP contribution is 2.10. The Hall–Kier alpha value is -2.33. The highest BCUT2D eigenvalue weighted by Gasteiger charge is 2.01. The molecule has 0 atom stereocenters. The number of benzene rings is 2. The SMILES string of the molecule is NC(=O)c1cccc(CNCCc2ccc(O)cc2)c1. The first-order chi connectivity index (χ1) is 9.65. The third-order valence-corrected chi connectivity index (χ3v) is 3.07. The van der Waals surface area contributed by atoms with Gasteiger partial charge in [-0.25, -0.2) is 0 Å². The van der Waals surface area contributed by atoms with Crippen LogP contribution in [0.4, 0.5) is 0 Å². The van der Waals surface area contributed by atoms with Crippen molar-refractivity contribution in [1.29, 1.82) is 0 Å². The lowest BCUT2D eigenvalue weighted by atomic mass is 10.1. The summed E-state index contributed by atoms with van der Waals surface area (Å²) in [6, 6.07) is 14.5. The van der Waals surface area contributed by atoms with E-state index in [0.29, 0.717) is 12.1 Å². The standard InChI is InChI=1S/C16H18N2O2/c17-16(20)14-3-1-2-13(10-14)11-18-9-8-12-4-6-15(19)7-5-12/h1-7,10,18-19H,8-9,11H2,(H2,17,20). The van der Waals surface area contributed by atoms with Crippen molar-refractivity contribution >= 4 is 5.91 Å². The largest absolute Gasteiger partial charge is 0.508 e. The first-order valence-corrected chi connectivity index (χ1v) is 6.52. The van der Waals surface area contributed by atoms with Crippen LogP contribution in [0.5, 0.6) is 5.75 Å². The molecular weight excluding hydrogens is 252 g/mol. The number of primary amides is 1. The average molecular weight is 270 g/mol. The van der Waals surface area contributed by atoms with Gasteiger partial charge in [0.25, 0.3) is 0 Å². The molecule has 0 unspecified atom stereocenters. The zero-order chi connectivity index (χ0) is 14.4. The van der Waals surface area contributed by atoms with Crippen molar-refractivity contribution in [3.8, 4) is 5.75 Å². The molecule has 0 bridgehead atoms. The fourth-order valence-electron chi connectivity index (χ4n) is 1.96. The predicted molar refractivity (Wildman–Crippen MR) is 78.5 cm³/mol. The summed E-state index contributed by atoms with van der Waals surface area (Å²) in [5.41, 5.74) is 7.98. The number of nitrogens with two attached hydrogens (primary N) is 1. The van der Waals surface area contributed by atoms with E-state index in [1.165, 1.54) is 5.56 Å². The monoisotopic (exact) mass is 270 g/mol. The molecule has 20 heavy (non-hydrogen) atoms. The molecule has 0 fully saturated rings. The Kier molecular flexibility index (Phi) is 4.74. The van der Waals surface area contributed by atoms with Crippen LogP contribution >= 0.6 is 0 Å². The molecule has 104 valence electrons. The second kappa shape index (κ2) is 6.73. The van der Waals surface area contributed by atoms with E-state index in [-0.39, 0.29) is 5.75 Å². The summed E-state index contributed by atoms with van der Waals surface area (Å²) in [4.78, 5) is 11.1. The molecule has 0 spiro atoms. The third kappa shape index (κ3) is 4.10. The first-order valence-electron chi connectivity index (χ1n) is 6.52. The van der Waals surface area contributed by atoms with Gasteiger partial charge in [-0.1, -0.05) is 24.3 Å². The normalized spacial score (nSPS) is 10.4. The van der Waals surface area contributed by atoms with E-state index in [2.05, 4.69) is 5.32 Å². The second-order valence-electron chi connectivity index (χ2n) is 4.66. The molecule has 2 aromatic rings. The minimum Gasteiger partial charge on any atom is -0.508 e. The number of phenolic OH excluding ortho intramolecular Hbond substituents is 1. The minimum atomic E-state index is -0.407. The molecule has 0 aliphatic carbocycles. The molecular formula is C16H18N2O2. The number of phenols is 1. The van der Waals surface area contributed by atoms with Crippen LogP contribution in [0.1, 0.15) is 21.5 Å². The van der Waals surface area contributed by atoms with Gasteiger partial charge in [0.1, 0.15) is 5.75 Å². The van der Waals surface area contributed by atoms with Crippen LogP contribution in [0.3, 0.4) is 0 Å². The van der Waals surface area contributed by atoms with Gasteiger partial charge in [0, 0.05) is 12.1 Å². The number of hydrogen-bond donors (Lipinski definition) is 3. The van der Waals surface area contributed by atoms with Gasteiger partial charge >= 0.3 is 0 Å². The van der Waals surface area contributed by atoms with Crippen LogP contribution in [0.2, 0.25) is 0 Å². The van der Waals surface area contributed by atoms with E-state index >= 15 is 0 Å². The number of rotatable bonds is 6. The Morgan fingerprint density at radius 3 is 2.55 bits per heavy atom. The quantitative estimate of drug-likeness (QED) is 0.701. The number of nitrogens with one attached hydrogen (secondary N) is 1. The van der Waals surface area contributed by atoms with Crippen molar-refractivity contribution < 1.29 is 9.90 Å². The predicted octanol–water partition coefficient (Wildman–Crippen LogP) is 1.82. The number of carbonyl (C=O) groups excluding carboxylic acids is 1. The number of amides is 1. The summed E-state index contributed by atoms with van der Waals surface area (Å²) < 4.78 is 0. The Morgan fingerprint density at radius 2 is 1.85 bits per heavy atom. The fraction of sp³-hybridized carbons (Fsp3) is 0.188. The summed E-state index contributed by atoms with van der Waals surface area (Å²) in [5.74, 6) is -0.124. The van der Waals surface area contributed by atoms with Crippen molar-refractivity contribution in [1.82, 2.24) is 5.32 Å². The van der Waals surface area contributed by atoms with Gasteiger partial charge < -0.3 is 16.2 Å². The second-order valence-corrected chi connectivity index (χ2v) is 4.66. The van der Waals surface area contributed by atoms with E-state index in [9.17, 15) is 9.90 Å². The maximum Gasteiger partial charge on any atom is 0.248 e. The summed E-state index contributed by atoms with van der Waals surface area (Å²) in [6.07, 6.45) is 0.885. The van der Waals surface area contributed by atoms with Gasteiger partial charge in [-0.05, 0) is 48.4 Å². The van der Waals surface area contributed by atoms with Gasteiger partial charge in [0.2, 0.25) is 5.91 Å².